The van der Waals surface area contributed by atoms with Crippen LogP contribution in [0, 0.1) is 17.7 Å². The molecule has 0 bridgehead atoms. The first-order valence-electron chi connectivity index (χ1n) is 3.17. The third-order valence-corrected chi connectivity index (χ3v) is 1.21. The molecule has 4 heteroatoms. The summed E-state index contributed by atoms with van der Waals surface area (Å²) in [5.41, 5.74) is 0.0110. The zero-order chi connectivity index (χ0) is 8.97. The number of hydrogen-bond acceptors (Lipinski definition) is 2. The number of nitrogens with zero attached hydrogens (tertiary/aromatic N) is 1. The highest BCUT2D eigenvalue weighted by Crippen LogP contribution is 2.08. The molecule has 0 fully saturated rings. The van der Waals surface area contributed by atoms with Crippen molar-refractivity contribution >= 4 is 6.21 Å². The molecule has 0 unspecified atom stereocenters. The van der Waals surface area contributed by atoms with Crippen molar-refractivity contribution in [3.63, 3.8) is 0 Å². The molecule has 1 radical (unpaired) electrons. The summed E-state index contributed by atoms with van der Waals surface area (Å²) < 4.78 is 25.3. The topological polar surface area (TPSA) is 21.6 Å². The Balaban J connectivity index is 3.00. The van der Waals surface area contributed by atoms with Crippen molar-refractivity contribution in [1.29, 1.82) is 0 Å². The summed E-state index contributed by atoms with van der Waals surface area (Å²) in [7, 11) is 1.32. The average molecular weight is 170 g/mol. The fourth-order valence-electron chi connectivity index (χ4n) is 0.673. The molecule has 0 aliphatic carbocycles. The Morgan fingerprint density at radius 2 is 2.25 bits per heavy atom. The van der Waals surface area contributed by atoms with E-state index in [1.165, 1.54) is 13.2 Å². The molecule has 0 spiro atoms. The van der Waals surface area contributed by atoms with Gasteiger partial charge in [0.25, 0.3) is 0 Å². The lowest BCUT2D eigenvalue weighted by atomic mass is 10.2. The fourth-order valence-corrected chi connectivity index (χ4v) is 0.673. The van der Waals surface area contributed by atoms with E-state index >= 15 is 0 Å². The van der Waals surface area contributed by atoms with Crippen LogP contribution in [0.15, 0.2) is 17.3 Å². The number of hydrogen-bond donors (Lipinski definition) is 0. The van der Waals surface area contributed by atoms with Crippen molar-refractivity contribution in [3.05, 3.63) is 35.4 Å². The monoisotopic (exact) mass is 170 g/mol. The second kappa shape index (κ2) is 3.80. The van der Waals surface area contributed by atoms with Gasteiger partial charge in [-0.2, -0.15) is 0 Å². The largest absolute Gasteiger partial charge is 0.399 e. The third-order valence-electron chi connectivity index (χ3n) is 1.21. The number of benzene rings is 1. The molecule has 0 amide bonds. The Bertz CT molecular complexity index is 299. The fraction of sp³-hybridized carbons (Fsp3) is 0.125. The molecular weight excluding hydrogens is 164 g/mol. The minimum atomic E-state index is -0.949. The van der Waals surface area contributed by atoms with Crippen LogP contribution in [0.25, 0.3) is 0 Å². The van der Waals surface area contributed by atoms with Gasteiger partial charge < -0.3 is 4.84 Å². The van der Waals surface area contributed by atoms with Gasteiger partial charge in [0, 0.05) is 5.56 Å². The molecule has 1 rings (SSSR count). The molecule has 0 aromatic heterocycles. The number of halogens is 2. The summed E-state index contributed by atoms with van der Waals surface area (Å²) in [5, 5.41) is 3.29. The highest BCUT2D eigenvalue weighted by Gasteiger charge is 2.04. The zero-order valence-corrected chi connectivity index (χ0v) is 6.34. The quantitative estimate of drug-likeness (QED) is 0.489. The van der Waals surface area contributed by atoms with Gasteiger partial charge in [0.1, 0.15) is 7.11 Å². The second-order valence-electron chi connectivity index (χ2n) is 1.99. The van der Waals surface area contributed by atoms with Crippen LogP contribution in [0.3, 0.4) is 0 Å². The van der Waals surface area contributed by atoms with Crippen LogP contribution in [0.4, 0.5) is 8.78 Å². The van der Waals surface area contributed by atoms with E-state index in [0.29, 0.717) is 0 Å². The predicted molar refractivity (Wildman–Crippen MR) is 39.8 cm³/mol. The lowest BCUT2D eigenvalue weighted by Crippen LogP contribution is -1.92. The summed E-state index contributed by atoms with van der Waals surface area (Å²) in [6, 6.07) is 4.61. The normalized spacial score (nSPS) is 10.6. The Kier molecular flexibility index (Phi) is 2.74. The Morgan fingerprint density at radius 1 is 1.50 bits per heavy atom. The van der Waals surface area contributed by atoms with E-state index < -0.39 is 11.6 Å². The second-order valence-corrected chi connectivity index (χ2v) is 1.99. The van der Waals surface area contributed by atoms with Gasteiger partial charge in [-0.25, -0.2) is 8.78 Å². The van der Waals surface area contributed by atoms with Gasteiger partial charge in [0.15, 0.2) is 11.6 Å². The minimum Gasteiger partial charge on any atom is -0.399 e. The van der Waals surface area contributed by atoms with Crippen LogP contribution in [-0.4, -0.2) is 13.3 Å². The Morgan fingerprint density at radius 3 is 2.92 bits per heavy atom. The molecule has 0 aliphatic heterocycles. The van der Waals surface area contributed by atoms with E-state index in [0.717, 1.165) is 12.3 Å². The van der Waals surface area contributed by atoms with Crippen molar-refractivity contribution in [3.8, 4) is 0 Å². The minimum absolute atomic E-state index is 0.0110. The van der Waals surface area contributed by atoms with Crippen molar-refractivity contribution < 1.29 is 13.6 Å². The van der Waals surface area contributed by atoms with Gasteiger partial charge in [0.05, 0.1) is 6.21 Å². The molecule has 0 N–H and O–H groups in total. The summed E-state index contributed by atoms with van der Waals surface area (Å²) in [4.78, 5) is 4.31. The average Bonchev–Trinajstić information content (AvgIpc) is 2.08. The lowest BCUT2D eigenvalue weighted by molar-refractivity contribution is 0.215. The van der Waals surface area contributed by atoms with Gasteiger partial charge in [-0.3, -0.25) is 0 Å². The SMILES string of the molecule is CON=Cc1c[c]cc(F)c1F. The van der Waals surface area contributed by atoms with Crippen molar-refractivity contribution in [2.45, 2.75) is 0 Å². The van der Waals surface area contributed by atoms with Crippen LogP contribution >= 0.6 is 0 Å². The highest BCUT2D eigenvalue weighted by atomic mass is 19.2. The van der Waals surface area contributed by atoms with E-state index in [2.05, 4.69) is 16.1 Å². The Labute approximate surface area is 68.5 Å². The van der Waals surface area contributed by atoms with Gasteiger partial charge in [-0.1, -0.05) is 5.16 Å². The summed E-state index contributed by atoms with van der Waals surface area (Å²) >= 11 is 0. The first-order chi connectivity index (χ1) is 5.75. The third kappa shape index (κ3) is 1.78. The van der Waals surface area contributed by atoms with Gasteiger partial charge >= 0.3 is 0 Å². The predicted octanol–water partition coefficient (Wildman–Crippen LogP) is 1.75. The summed E-state index contributed by atoms with van der Waals surface area (Å²) in [5.74, 6) is -1.90. The smallest absolute Gasteiger partial charge is 0.167 e. The first-order valence-corrected chi connectivity index (χ1v) is 3.17. The standard InChI is InChI=1S/C8H6F2NO/c1-12-11-5-6-3-2-4-7(9)8(6)10/h3-5H,1H3. The maximum absolute atomic E-state index is 12.8. The Hall–Kier alpha value is -1.45. The molecule has 0 aliphatic rings. The first kappa shape index (κ1) is 8.64. The molecule has 1 aromatic rings. The van der Waals surface area contributed by atoms with Crippen LogP contribution in [-0.2, 0) is 4.84 Å². The molecule has 0 saturated carbocycles. The van der Waals surface area contributed by atoms with Crippen LogP contribution < -0.4 is 0 Å². The molecule has 0 atom stereocenters. The molecule has 12 heavy (non-hydrogen) atoms. The van der Waals surface area contributed by atoms with E-state index in [1.54, 1.807) is 0 Å². The number of oxime groups is 1. The van der Waals surface area contributed by atoms with Crippen molar-refractivity contribution in [1.82, 2.24) is 0 Å². The maximum Gasteiger partial charge on any atom is 0.167 e. The van der Waals surface area contributed by atoms with Gasteiger partial charge in [-0.05, 0) is 18.2 Å². The highest BCUT2D eigenvalue weighted by molar-refractivity contribution is 5.79. The number of rotatable bonds is 2. The molecular formula is C8H6F2NO. The van der Waals surface area contributed by atoms with Crippen molar-refractivity contribution in [2.24, 2.45) is 5.16 Å². The summed E-state index contributed by atoms with van der Waals surface area (Å²) in [6.45, 7) is 0. The van der Waals surface area contributed by atoms with E-state index in [4.69, 9.17) is 0 Å². The molecule has 63 valence electrons. The van der Waals surface area contributed by atoms with Gasteiger partial charge in [-0.15, -0.1) is 0 Å². The van der Waals surface area contributed by atoms with Gasteiger partial charge in [0.2, 0.25) is 0 Å². The maximum atomic E-state index is 12.8. The van der Waals surface area contributed by atoms with Crippen molar-refractivity contribution in [2.75, 3.05) is 7.11 Å². The van der Waals surface area contributed by atoms with Crippen LogP contribution in [0.2, 0.25) is 0 Å². The molecule has 1 aromatic carbocycles. The molecule has 2 nitrogen and oxygen atoms in total. The summed E-state index contributed by atoms with van der Waals surface area (Å²) in [6.07, 6.45) is 1.08. The molecule has 0 saturated heterocycles. The van der Waals surface area contributed by atoms with E-state index in [-0.39, 0.29) is 5.56 Å². The van der Waals surface area contributed by atoms with Crippen LogP contribution in [0.5, 0.6) is 0 Å². The van der Waals surface area contributed by atoms with E-state index in [9.17, 15) is 8.78 Å². The van der Waals surface area contributed by atoms with E-state index in [1.807, 2.05) is 0 Å². The molecule has 0 heterocycles. The zero-order valence-electron chi connectivity index (χ0n) is 6.34. The lowest BCUT2D eigenvalue weighted by Gasteiger charge is -1.95. The van der Waals surface area contributed by atoms with Crippen LogP contribution in [0.1, 0.15) is 5.56 Å².